The fraction of sp³-hybridized carbons (Fsp3) is 0.750. The first-order valence-electron chi connectivity index (χ1n) is 10.3. The van der Waals surface area contributed by atoms with Crippen molar-refractivity contribution < 1.29 is 47.7 Å². The Morgan fingerprint density at radius 1 is 0.875 bits per heavy atom. The third-order valence-corrected chi connectivity index (χ3v) is 4.42. The number of carbonyl (C=O) groups excluding carboxylic acids is 5. The summed E-state index contributed by atoms with van der Waals surface area (Å²) in [5.41, 5.74) is 5.11. The molecule has 12 nitrogen and oxygen atoms in total. The van der Waals surface area contributed by atoms with E-state index in [0.717, 1.165) is 6.92 Å². The first kappa shape index (κ1) is 27.3. The second kappa shape index (κ2) is 13.6. The molecule has 182 valence electrons. The van der Waals surface area contributed by atoms with E-state index in [2.05, 4.69) is 5.32 Å². The molecule has 0 radical (unpaired) electrons. The largest absolute Gasteiger partial charge is 0.463 e. The summed E-state index contributed by atoms with van der Waals surface area (Å²) in [6.45, 7) is 4.70. The molecule has 1 rings (SSSR count). The second-order valence-electron chi connectivity index (χ2n) is 7.37. The first-order chi connectivity index (χ1) is 15.0. The molecule has 0 aromatic rings. The van der Waals surface area contributed by atoms with Crippen LogP contribution in [0.4, 0.5) is 0 Å². The van der Waals surface area contributed by atoms with Gasteiger partial charge in [0.15, 0.2) is 18.5 Å². The van der Waals surface area contributed by atoms with Gasteiger partial charge in [0, 0.05) is 40.7 Å². The zero-order valence-electron chi connectivity index (χ0n) is 18.8. The first-order valence-corrected chi connectivity index (χ1v) is 10.3. The molecular formula is C20H32N2O10. The van der Waals surface area contributed by atoms with Crippen molar-refractivity contribution in [2.45, 2.75) is 84.0 Å². The fourth-order valence-electron chi connectivity index (χ4n) is 3.21. The average Bonchev–Trinajstić information content (AvgIpc) is 2.65. The molecule has 0 saturated carbocycles. The maximum atomic E-state index is 11.8. The fourth-order valence-corrected chi connectivity index (χ4v) is 3.21. The third kappa shape index (κ3) is 10.1. The van der Waals surface area contributed by atoms with Gasteiger partial charge in [-0.2, -0.15) is 0 Å². The van der Waals surface area contributed by atoms with E-state index in [1.807, 2.05) is 0 Å². The number of unbranched alkanes of at least 4 members (excludes halogenated alkanes) is 2. The maximum absolute atomic E-state index is 11.8. The van der Waals surface area contributed by atoms with Crippen molar-refractivity contribution in [3.05, 3.63) is 0 Å². The van der Waals surface area contributed by atoms with E-state index >= 15 is 0 Å². The molecule has 1 aliphatic heterocycles. The number of rotatable bonds is 12. The topological polar surface area (TPSA) is 170 Å². The minimum atomic E-state index is -1.16. The highest BCUT2D eigenvalue weighted by Gasteiger charge is 2.51. The van der Waals surface area contributed by atoms with Gasteiger partial charge in [-0.15, -0.1) is 0 Å². The smallest absolute Gasteiger partial charge is 0.303 e. The molecule has 0 aliphatic carbocycles. The summed E-state index contributed by atoms with van der Waals surface area (Å²) in [6, 6.07) is -1.00. The van der Waals surface area contributed by atoms with Crippen molar-refractivity contribution in [1.29, 1.82) is 0 Å². The lowest BCUT2D eigenvalue weighted by Gasteiger charge is -2.44. The predicted octanol–water partition coefficient (Wildman–Crippen LogP) is -0.295. The minimum Gasteiger partial charge on any atom is -0.463 e. The molecule has 0 aromatic heterocycles. The Morgan fingerprint density at radius 3 is 2.03 bits per heavy atom. The Bertz CT molecular complexity index is 683. The van der Waals surface area contributed by atoms with Crippen molar-refractivity contribution >= 4 is 29.7 Å². The lowest BCUT2D eigenvalue weighted by Crippen LogP contribution is -2.66. The number of hydrogen-bond donors (Lipinski definition) is 2. The van der Waals surface area contributed by atoms with Crippen LogP contribution in [0.1, 0.15) is 53.4 Å². The summed E-state index contributed by atoms with van der Waals surface area (Å²) in [7, 11) is 0. The molecule has 12 heteroatoms. The Balaban J connectivity index is 3.05. The van der Waals surface area contributed by atoms with E-state index in [1.54, 1.807) is 0 Å². The van der Waals surface area contributed by atoms with E-state index in [4.69, 9.17) is 29.4 Å². The molecule has 1 saturated heterocycles. The number of nitrogens with one attached hydrogen (secondary N) is 1. The number of primary amides is 1. The van der Waals surface area contributed by atoms with Gasteiger partial charge in [-0.25, -0.2) is 0 Å². The molecule has 5 unspecified atom stereocenters. The molecule has 2 amide bonds. The van der Waals surface area contributed by atoms with E-state index < -0.39 is 54.5 Å². The molecule has 0 spiro atoms. The normalized spacial score (nSPS) is 24.8. The molecule has 1 heterocycles. The van der Waals surface area contributed by atoms with Gasteiger partial charge in [-0.05, 0) is 12.8 Å². The highest BCUT2D eigenvalue weighted by atomic mass is 16.7. The maximum Gasteiger partial charge on any atom is 0.303 e. The van der Waals surface area contributed by atoms with E-state index in [0.29, 0.717) is 19.3 Å². The summed E-state index contributed by atoms with van der Waals surface area (Å²) in [4.78, 5) is 57.4. The van der Waals surface area contributed by atoms with Crippen LogP contribution >= 0.6 is 0 Å². The average molecular weight is 460 g/mol. The van der Waals surface area contributed by atoms with E-state index in [1.165, 1.54) is 20.8 Å². The summed E-state index contributed by atoms with van der Waals surface area (Å²) in [6.07, 6.45) is -2.33. The molecule has 1 aliphatic rings. The van der Waals surface area contributed by atoms with Crippen LogP contribution in [0.2, 0.25) is 0 Å². The van der Waals surface area contributed by atoms with Crippen molar-refractivity contribution in [2.24, 2.45) is 5.73 Å². The third-order valence-electron chi connectivity index (χ3n) is 4.42. The highest BCUT2D eigenvalue weighted by Crippen LogP contribution is 2.28. The summed E-state index contributed by atoms with van der Waals surface area (Å²) in [5.74, 6) is -2.79. The number of esters is 3. The standard InChI is InChI=1S/C20H32N2O10/c1-11(23)22-17-19(31-14(4)26)18(30-13(3)25)15(10-29-12(2)24)32-20(17)28-9-7-5-6-8-16(21)27/h15,17-20H,5-10H2,1-4H3,(H2,21,27)(H,22,23). The van der Waals surface area contributed by atoms with Gasteiger partial charge in [0.2, 0.25) is 11.8 Å². The van der Waals surface area contributed by atoms with Crippen LogP contribution in [0.25, 0.3) is 0 Å². The monoisotopic (exact) mass is 460 g/mol. The van der Waals surface area contributed by atoms with Crippen LogP contribution in [0.3, 0.4) is 0 Å². The zero-order chi connectivity index (χ0) is 24.3. The second-order valence-corrected chi connectivity index (χ2v) is 7.37. The SMILES string of the molecule is CC(=O)NC1C(OCCCCCC(N)=O)OC(COC(C)=O)C(OC(C)=O)C1OC(C)=O. The summed E-state index contributed by atoms with van der Waals surface area (Å²) < 4.78 is 27.3. The lowest BCUT2D eigenvalue weighted by atomic mass is 9.96. The van der Waals surface area contributed by atoms with Crippen LogP contribution in [-0.2, 0) is 47.7 Å². The molecule has 0 aromatic carbocycles. The number of nitrogens with two attached hydrogens (primary N) is 1. The zero-order valence-corrected chi connectivity index (χ0v) is 18.8. The summed E-state index contributed by atoms with van der Waals surface area (Å²) >= 11 is 0. The Hall–Kier alpha value is -2.73. The number of carbonyl (C=O) groups is 5. The predicted molar refractivity (Wildman–Crippen MR) is 108 cm³/mol. The Labute approximate surface area is 186 Å². The van der Waals surface area contributed by atoms with Gasteiger partial charge in [0.1, 0.15) is 18.8 Å². The van der Waals surface area contributed by atoms with Gasteiger partial charge in [0.05, 0.1) is 0 Å². The van der Waals surface area contributed by atoms with E-state index in [-0.39, 0.29) is 25.5 Å². The van der Waals surface area contributed by atoms with Crippen LogP contribution in [0.15, 0.2) is 0 Å². The van der Waals surface area contributed by atoms with Crippen molar-refractivity contribution in [1.82, 2.24) is 5.32 Å². The molecule has 5 atom stereocenters. The minimum absolute atomic E-state index is 0.199. The van der Waals surface area contributed by atoms with Crippen LogP contribution < -0.4 is 11.1 Å². The molecular weight excluding hydrogens is 428 g/mol. The van der Waals surface area contributed by atoms with Gasteiger partial charge in [0.25, 0.3) is 0 Å². The molecule has 32 heavy (non-hydrogen) atoms. The van der Waals surface area contributed by atoms with Crippen LogP contribution in [0.5, 0.6) is 0 Å². The van der Waals surface area contributed by atoms with Gasteiger partial charge < -0.3 is 34.7 Å². The lowest BCUT2D eigenvalue weighted by molar-refractivity contribution is -0.277. The van der Waals surface area contributed by atoms with Gasteiger partial charge in [-0.1, -0.05) is 6.42 Å². The number of hydrogen-bond acceptors (Lipinski definition) is 10. The van der Waals surface area contributed by atoms with Crippen molar-refractivity contribution in [3.8, 4) is 0 Å². The number of ether oxygens (including phenoxy) is 5. The molecule has 3 N–H and O–H groups in total. The van der Waals surface area contributed by atoms with Gasteiger partial charge in [-0.3, -0.25) is 24.0 Å². The van der Waals surface area contributed by atoms with Gasteiger partial charge >= 0.3 is 17.9 Å². The highest BCUT2D eigenvalue weighted by molar-refractivity contribution is 5.74. The number of amides is 2. The Morgan fingerprint density at radius 2 is 1.50 bits per heavy atom. The molecule has 1 fully saturated rings. The van der Waals surface area contributed by atoms with E-state index in [9.17, 15) is 24.0 Å². The Kier molecular flexibility index (Phi) is 11.6. The molecule has 0 bridgehead atoms. The van der Waals surface area contributed by atoms with Crippen molar-refractivity contribution in [2.75, 3.05) is 13.2 Å². The van der Waals surface area contributed by atoms with Crippen molar-refractivity contribution in [3.63, 3.8) is 0 Å². The van der Waals surface area contributed by atoms with Crippen LogP contribution in [-0.4, -0.2) is 73.6 Å². The summed E-state index contributed by atoms with van der Waals surface area (Å²) in [5, 5.41) is 2.62. The van der Waals surface area contributed by atoms with Crippen LogP contribution in [0, 0.1) is 0 Å². The quantitative estimate of drug-likeness (QED) is 0.224.